The zero-order valence-electron chi connectivity index (χ0n) is 13.3. The smallest absolute Gasteiger partial charge is 0.0529 e. The van der Waals surface area contributed by atoms with Crippen molar-refractivity contribution in [3.05, 3.63) is 90.6 Å². The van der Waals surface area contributed by atoms with Crippen molar-refractivity contribution in [2.75, 3.05) is 5.32 Å². The Morgan fingerprint density at radius 2 is 1.75 bits per heavy atom. The SMILES string of the molecule is c1cncc(NCc2cn(Cc3ccncc3)c3ccccc23)c1. The van der Waals surface area contributed by atoms with Crippen molar-refractivity contribution in [3.63, 3.8) is 0 Å². The Balaban J connectivity index is 1.64. The number of hydrogen-bond donors (Lipinski definition) is 1. The highest BCUT2D eigenvalue weighted by atomic mass is 15.0. The van der Waals surface area contributed by atoms with Crippen LogP contribution < -0.4 is 5.32 Å². The molecule has 0 aliphatic heterocycles. The van der Waals surface area contributed by atoms with Gasteiger partial charge in [-0.25, -0.2) is 0 Å². The largest absolute Gasteiger partial charge is 0.380 e. The summed E-state index contributed by atoms with van der Waals surface area (Å²) in [6, 6.07) is 16.6. The molecular formula is C20H18N4. The highest BCUT2D eigenvalue weighted by Gasteiger charge is 2.08. The predicted molar refractivity (Wildman–Crippen MR) is 96.8 cm³/mol. The molecule has 4 nitrogen and oxygen atoms in total. The molecule has 0 saturated heterocycles. The number of fused-ring (bicyclic) bond motifs is 1. The highest BCUT2D eigenvalue weighted by molar-refractivity contribution is 5.84. The molecule has 0 spiro atoms. The van der Waals surface area contributed by atoms with Crippen LogP contribution in [0.2, 0.25) is 0 Å². The van der Waals surface area contributed by atoms with E-state index in [9.17, 15) is 0 Å². The van der Waals surface area contributed by atoms with Gasteiger partial charge < -0.3 is 9.88 Å². The molecule has 118 valence electrons. The summed E-state index contributed by atoms with van der Waals surface area (Å²) in [5.41, 5.74) is 4.81. The van der Waals surface area contributed by atoms with Gasteiger partial charge in [-0.05, 0) is 41.5 Å². The van der Waals surface area contributed by atoms with Crippen LogP contribution in [0.1, 0.15) is 11.1 Å². The summed E-state index contributed by atoms with van der Waals surface area (Å²) < 4.78 is 2.30. The van der Waals surface area contributed by atoms with E-state index in [0.29, 0.717) is 0 Å². The molecule has 0 atom stereocenters. The summed E-state index contributed by atoms with van der Waals surface area (Å²) in [4.78, 5) is 8.24. The maximum atomic E-state index is 4.15. The first-order chi connectivity index (χ1) is 11.9. The molecule has 0 radical (unpaired) electrons. The lowest BCUT2D eigenvalue weighted by Gasteiger charge is -2.05. The Hall–Kier alpha value is -3.14. The molecule has 4 rings (SSSR count). The van der Waals surface area contributed by atoms with Gasteiger partial charge in [0, 0.05) is 55.0 Å². The van der Waals surface area contributed by atoms with Crippen molar-refractivity contribution >= 4 is 16.6 Å². The van der Waals surface area contributed by atoms with Crippen molar-refractivity contribution < 1.29 is 0 Å². The number of aromatic nitrogens is 3. The molecule has 24 heavy (non-hydrogen) atoms. The van der Waals surface area contributed by atoms with Crippen LogP contribution in [0.5, 0.6) is 0 Å². The van der Waals surface area contributed by atoms with Gasteiger partial charge in [0.15, 0.2) is 0 Å². The number of hydrogen-bond acceptors (Lipinski definition) is 3. The number of anilines is 1. The Bertz CT molecular complexity index is 930. The van der Waals surface area contributed by atoms with Gasteiger partial charge in [0.1, 0.15) is 0 Å². The number of para-hydroxylation sites is 1. The van der Waals surface area contributed by atoms with Gasteiger partial charge in [0.25, 0.3) is 0 Å². The van der Waals surface area contributed by atoms with Gasteiger partial charge >= 0.3 is 0 Å². The molecule has 0 aliphatic carbocycles. The number of benzene rings is 1. The van der Waals surface area contributed by atoms with Crippen LogP contribution in [0.3, 0.4) is 0 Å². The Morgan fingerprint density at radius 1 is 0.875 bits per heavy atom. The zero-order chi connectivity index (χ0) is 16.2. The fraction of sp³-hybridized carbons (Fsp3) is 0.100. The molecule has 0 fully saturated rings. The molecule has 0 aliphatic rings. The van der Waals surface area contributed by atoms with Gasteiger partial charge in [-0.15, -0.1) is 0 Å². The summed E-state index contributed by atoms with van der Waals surface area (Å²) in [5, 5.41) is 4.72. The normalized spacial score (nSPS) is 10.8. The monoisotopic (exact) mass is 314 g/mol. The summed E-state index contributed by atoms with van der Waals surface area (Å²) in [7, 11) is 0. The summed E-state index contributed by atoms with van der Waals surface area (Å²) in [6.07, 6.45) is 9.54. The average Bonchev–Trinajstić information content (AvgIpc) is 3.00. The Morgan fingerprint density at radius 3 is 2.58 bits per heavy atom. The second-order valence-electron chi connectivity index (χ2n) is 5.75. The molecule has 0 bridgehead atoms. The van der Waals surface area contributed by atoms with Crippen molar-refractivity contribution in [2.45, 2.75) is 13.1 Å². The Kier molecular flexibility index (Phi) is 3.94. The molecule has 3 aromatic heterocycles. The van der Waals surface area contributed by atoms with E-state index >= 15 is 0 Å². The lowest BCUT2D eigenvalue weighted by Crippen LogP contribution is -2.00. The standard InChI is InChI=1S/C20H18N4/c1-2-6-20-19(5-1)17(12-23-18-4-3-9-22-13-18)15-24(20)14-16-7-10-21-11-8-16/h1-11,13,15,23H,12,14H2. The third kappa shape index (κ3) is 2.99. The highest BCUT2D eigenvalue weighted by Crippen LogP contribution is 2.23. The summed E-state index contributed by atoms with van der Waals surface area (Å²) in [5.74, 6) is 0. The summed E-state index contributed by atoms with van der Waals surface area (Å²) in [6.45, 7) is 1.62. The first kappa shape index (κ1) is 14.5. The van der Waals surface area contributed by atoms with Crippen molar-refractivity contribution in [2.24, 2.45) is 0 Å². The van der Waals surface area contributed by atoms with E-state index in [1.54, 1.807) is 6.20 Å². The van der Waals surface area contributed by atoms with Crippen molar-refractivity contribution in [3.8, 4) is 0 Å². The Labute approximate surface area is 140 Å². The van der Waals surface area contributed by atoms with Crippen molar-refractivity contribution in [1.29, 1.82) is 0 Å². The van der Waals surface area contributed by atoms with E-state index in [0.717, 1.165) is 18.8 Å². The van der Waals surface area contributed by atoms with Crippen LogP contribution in [0.15, 0.2) is 79.5 Å². The van der Waals surface area contributed by atoms with E-state index in [1.807, 2.05) is 30.7 Å². The van der Waals surface area contributed by atoms with E-state index < -0.39 is 0 Å². The van der Waals surface area contributed by atoms with Gasteiger partial charge in [0.2, 0.25) is 0 Å². The van der Waals surface area contributed by atoms with Crippen LogP contribution in [-0.2, 0) is 13.1 Å². The first-order valence-corrected chi connectivity index (χ1v) is 8.00. The second-order valence-corrected chi connectivity index (χ2v) is 5.75. The van der Waals surface area contributed by atoms with Crippen molar-refractivity contribution in [1.82, 2.24) is 14.5 Å². The quantitative estimate of drug-likeness (QED) is 0.603. The number of nitrogens with zero attached hydrogens (tertiary/aromatic N) is 3. The van der Waals surface area contributed by atoms with Gasteiger partial charge in [-0.3, -0.25) is 9.97 Å². The third-order valence-corrected chi connectivity index (χ3v) is 4.12. The number of rotatable bonds is 5. The molecule has 0 saturated carbocycles. The van der Waals surface area contributed by atoms with Crippen LogP contribution in [0, 0.1) is 0 Å². The topological polar surface area (TPSA) is 42.7 Å². The molecule has 3 heterocycles. The third-order valence-electron chi connectivity index (χ3n) is 4.12. The fourth-order valence-electron chi connectivity index (χ4n) is 2.94. The van der Waals surface area contributed by atoms with Crippen LogP contribution in [-0.4, -0.2) is 14.5 Å². The minimum Gasteiger partial charge on any atom is -0.380 e. The van der Waals surface area contributed by atoms with Crippen LogP contribution in [0.4, 0.5) is 5.69 Å². The number of pyridine rings is 2. The molecule has 4 heteroatoms. The van der Waals surface area contributed by atoms with Gasteiger partial charge in [-0.2, -0.15) is 0 Å². The minimum atomic E-state index is 0.773. The van der Waals surface area contributed by atoms with Gasteiger partial charge in [-0.1, -0.05) is 18.2 Å². The molecule has 1 aromatic carbocycles. The second kappa shape index (κ2) is 6.54. The van der Waals surface area contributed by atoms with Crippen LogP contribution in [0.25, 0.3) is 10.9 Å². The van der Waals surface area contributed by atoms with E-state index in [-0.39, 0.29) is 0 Å². The average molecular weight is 314 g/mol. The van der Waals surface area contributed by atoms with E-state index in [1.165, 1.54) is 22.0 Å². The van der Waals surface area contributed by atoms with Crippen LogP contribution >= 0.6 is 0 Å². The predicted octanol–water partition coefficient (Wildman–Crippen LogP) is 4.09. The molecular weight excluding hydrogens is 296 g/mol. The minimum absolute atomic E-state index is 0.773. The summed E-state index contributed by atoms with van der Waals surface area (Å²) >= 11 is 0. The van der Waals surface area contributed by atoms with E-state index in [2.05, 4.69) is 62.4 Å². The first-order valence-electron chi connectivity index (χ1n) is 8.00. The molecule has 0 amide bonds. The maximum Gasteiger partial charge on any atom is 0.0529 e. The molecule has 0 unspecified atom stereocenters. The van der Waals surface area contributed by atoms with E-state index in [4.69, 9.17) is 0 Å². The maximum absolute atomic E-state index is 4.15. The molecule has 1 N–H and O–H groups in total. The zero-order valence-corrected chi connectivity index (χ0v) is 13.3. The molecule has 4 aromatic rings. The fourth-order valence-corrected chi connectivity index (χ4v) is 2.94. The lowest BCUT2D eigenvalue weighted by atomic mass is 10.2. The lowest BCUT2D eigenvalue weighted by molar-refractivity contribution is 0.829. The number of nitrogens with one attached hydrogen (secondary N) is 1. The van der Waals surface area contributed by atoms with Gasteiger partial charge in [0.05, 0.1) is 5.69 Å².